The van der Waals surface area contributed by atoms with Crippen LogP contribution in [0.15, 0.2) is 40.6 Å². The fourth-order valence-corrected chi connectivity index (χ4v) is 2.09. The van der Waals surface area contributed by atoms with E-state index in [4.69, 9.17) is 4.74 Å². The highest BCUT2D eigenvalue weighted by atomic mass is 16.5. The van der Waals surface area contributed by atoms with Crippen molar-refractivity contribution in [3.63, 3.8) is 0 Å². The first-order chi connectivity index (χ1) is 8.18. The predicted molar refractivity (Wildman–Crippen MR) is 63.9 cm³/mol. The van der Waals surface area contributed by atoms with Gasteiger partial charge >= 0.3 is 5.97 Å². The Morgan fingerprint density at radius 1 is 1.47 bits per heavy atom. The average Bonchev–Trinajstić information content (AvgIpc) is 2.74. The standard InChI is InChI=1S/C13H16N2O2/c1-3-17-12(16)13(2)11(9-14-15-13)10-7-5-4-6-8-10/h4-8,11H,3,9H2,1-2H3/t11-,13+/m1/s1. The van der Waals surface area contributed by atoms with Crippen LogP contribution in [0.4, 0.5) is 0 Å². The van der Waals surface area contributed by atoms with Gasteiger partial charge in [-0.15, -0.1) is 0 Å². The fraction of sp³-hybridized carbons (Fsp3) is 0.462. The topological polar surface area (TPSA) is 51.0 Å². The molecule has 0 saturated heterocycles. The Bertz CT molecular complexity index is 430. The largest absolute Gasteiger partial charge is 0.464 e. The van der Waals surface area contributed by atoms with Crippen LogP contribution in [0.25, 0.3) is 0 Å². The molecule has 0 amide bonds. The lowest BCUT2D eigenvalue weighted by atomic mass is 9.82. The minimum atomic E-state index is -0.878. The van der Waals surface area contributed by atoms with Crippen molar-refractivity contribution in [2.75, 3.05) is 13.2 Å². The molecule has 1 aliphatic heterocycles. The van der Waals surface area contributed by atoms with Crippen LogP contribution in [0.5, 0.6) is 0 Å². The van der Waals surface area contributed by atoms with Gasteiger partial charge in [0.25, 0.3) is 0 Å². The number of carbonyl (C=O) groups is 1. The Kier molecular flexibility index (Phi) is 3.22. The first kappa shape index (κ1) is 11.8. The van der Waals surface area contributed by atoms with E-state index in [2.05, 4.69) is 10.2 Å². The van der Waals surface area contributed by atoms with Gasteiger partial charge in [0.2, 0.25) is 0 Å². The van der Waals surface area contributed by atoms with Crippen LogP contribution in [-0.4, -0.2) is 24.7 Å². The molecule has 0 N–H and O–H groups in total. The number of benzene rings is 1. The predicted octanol–water partition coefficient (Wildman–Crippen LogP) is 2.56. The molecule has 4 nitrogen and oxygen atoms in total. The lowest BCUT2D eigenvalue weighted by Crippen LogP contribution is -2.39. The van der Waals surface area contributed by atoms with Gasteiger partial charge < -0.3 is 4.74 Å². The highest BCUT2D eigenvalue weighted by molar-refractivity contribution is 5.82. The van der Waals surface area contributed by atoms with Crippen LogP contribution < -0.4 is 0 Å². The highest BCUT2D eigenvalue weighted by Crippen LogP contribution is 2.37. The molecule has 90 valence electrons. The highest BCUT2D eigenvalue weighted by Gasteiger charge is 2.47. The molecule has 0 bridgehead atoms. The normalized spacial score (nSPS) is 27.1. The van der Waals surface area contributed by atoms with E-state index in [0.29, 0.717) is 13.2 Å². The summed E-state index contributed by atoms with van der Waals surface area (Å²) in [5.74, 6) is -0.321. The zero-order valence-corrected chi connectivity index (χ0v) is 10.1. The maximum atomic E-state index is 12.0. The van der Waals surface area contributed by atoms with Crippen molar-refractivity contribution in [2.24, 2.45) is 10.2 Å². The average molecular weight is 232 g/mol. The molecule has 1 heterocycles. The Balaban J connectivity index is 2.28. The van der Waals surface area contributed by atoms with Crippen LogP contribution in [-0.2, 0) is 9.53 Å². The summed E-state index contributed by atoms with van der Waals surface area (Å²) in [5, 5.41) is 8.12. The first-order valence-corrected chi connectivity index (χ1v) is 5.79. The molecule has 0 fully saturated rings. The van der Waals surface area contributed by atoms with Gasteiger partial charge in [0.05, 0.1) is 13.2 Å². The number of esters is 1. The van der Waals surface area contributed by atoms with Crippen molar-refractivity contribution in [3.05, 3.63) is 35.9 Å². The third kappa shape index (κ3) is 2.07. The minimum absolute atomic E-state index is 0.0252. The van der Waals surface area contributed by atoms with E-state index >= 15 is 0 Å². The van der Waals surface area contributed by atoms with Gasteiger partial charge in [0.15, 0.2) is 5.54 Å². The van der Waals surface area contributed by atoms with Crippen LogP contribution in [0, 0.1) is 0 Å². The van der Waals surface area contributed by atoms with E-state index in [-0.39, 0.29) is 11.9 Å². The Hall–Kier alpha value is -1.71. The van der Waals surface area contributed by atoms with Crippen molar-refractivity contribution in [1.29, 1.82) is 0 Å². The number of rotatable bonds is 3. The van der Waals surface area contributed by atoms with Crippen molar-refractivity contribution in [1.82, 2.24) is 0 Å². The zero-order chi connectivity index (χ0) is 12.3. The van der Waals surface area contributed by atoms with Crippen molar-refractivity contribution in [2.45, 2.75) is 25.3 Å². The summed E-state index contributed by atoms with van der Waals surface area (Å²) in [7, 11) is 0. The molecule has 1 aromatic rings. The van der Waals surface area contributed by atoms with E-state index in [0.717, 1.165) is 5.56 Å². The van der Waals surface area contributed by atoms with Crippen molar-refractivity contribution >= 4 is 5.97 Å². The number of carbonyl (C=O) groups excluding carboxylic acids is 1. The second kappa shape index (κ2) is 4.65. The summed E-state index contributed by atoms with van der Waals surface area (Å²) in [6, 6.07) is 9.86. The van der Waals surface area contributed by atoms with Gasteiger partial charge in [-0.3, -0.25) is 0 Å². The molecule has 17 heavy (non-hydrogen) atoms. The summed E-state index contributed by atoms with van der Waals surface area (Å²) in [4.78, 5) is 12.0. The number of azo groups is 1. The molecule has 0 spiro atoms. The lowest BCUT2D eigenvalue weighted by Gasteiger charge is -2.25. The smallest absolute Gasteiger partial charge is 0.336 e. The van der Waals surface area contributed by atoms with Crippen LogP contribution in [0.2, 0.25) is 0 Å². The third-order valence-corrected chi connectivity index (χ3v) is 3.11. The Morgan fingerprint density at radius 2 is 2.18 bits per heavy atom. The van der Waals surface area contributed by atoms with Gasteiger partial charge in [-0.05, 0) is 19.4 Å². The molecule has 0 saturated carbocycles. The molecule has 0 aliphatic carbocycles. The lowest BCUT2D eigenvalue weighted by molar-refractivity contribution is -0.149. The summed E-state index contributed by atoms with van der Waals surface area (Å²) in [5.41, 5.74) is 0.199. The molecule has 0 unspecified atom stereocenters. The van der Waals surface area contributed by atoms with Gasteiger partial charge in [0.1, 0.15) is 0 Å². The second-order valence-electron chi connectivity index (χ2n) is 4.26. The molecule has 2 rings (SSSR count). The summed E-state index contributed by atoms with van der Waals surface area (Å²) in [6.07, 6.45) is 0. The monoisotopic (exact) mass is 232 g/mol. The van der Waals surface area contributed by atoms with Gasteiger partial charge in [-0.25, -0.2) is 4.79 Å². The molecule has 0 aromatic heterocycles. The fourth-order valence-electron chi connectivity index (χ4n) is 2.09. The molecule has 0 radical (unpaired) electrons. The van der Waals surface area contributed by atoms with Gasteiger partial charge in [-0.1, -0.05) is 30.3 Å². The summed E-state index contributed by atoms with van der Waals surface area (Å²) in [6.45, 7) is 4.49. The quantitative estimate of drug-likeness (QED) is 0.752. The van der Waals surface area contributed by atoms with E-state index in [1.807, 2.05) is 30.3 Å². The van der Waals surface area contributed by atoms with Crippen LogP contribution >= 0.6 is 0 Å². The molecule has 2 atom stereocenters. The second-order valence-corrected chi connectivity index (χ2v) is 4.26. The van der Waals surface area contributed by atoms with Crippen molar-refractivity contribution < 1.29 is 9.53 Å². The number of ether oxygens (including phenoxy) is 1. The first-order valence-electron chi connectivity index (χ1n) is 5.79. The Morgan fingerprint density at radius 3 is 2.82 bits per heavy atom. The van der Waals surface area contributed by atoms with Crippen LogP contribution in [0.1, 0.15) is 25.3 Å². The number of hydrogen-bond donors (Lipinski definition) is 0. The van der Waals surface area contributed by atoms with E-state index in [9.17, 15) is 4.79 Å². The summed E-state index contributed by atoms with van der Waals surface area (Å²) < 4.78 is 5.09. The maximum Gasteiger partial charge on any atom is 0.336 e. The summed E-state index contributed by atoms with van der Waals surface area (Å²) >= 11 is 0. The van der Waals surface area contributed by atoms with E-state index in [1.54, 1.807) is 13.8 Å². The van der Waals surface area contributed by atoms with E-state index < -0.39 is 5.54 Å². The number of nitrogens with zero attached hydrogens (tertiary/aromatic N) is 2. The molecule has 1 aromatic carbocycles. The minimum Gasteiger partial charge on any atom is -0.464 e. The van der Waals surface area contributed by atoms with E-state index in [1.165, 1.54) is 0 Å². The Labute approximate surface area is 101 Å². The molecular weight excluding hydrogens is 216 g/mol. The SMILES string of the molecule is CCOC(=O)[C@@]1(C)N=NC[C@@H]1c1ccccc1. The van der Waals surface area contributed by atoms with Crippen LogP contribution in [0.3, 0.4) is 0 Å². The maximum absolute atomic E-state index is 12.0. The molecular formula is C13H16N2O2. The number of hydrogen-bond acceptors (Lipinski definition) is 4. The molecule has 1 aliphatic rings. The van der Waals surface area contributed by atoms with Gasteiger partial charge in [0, 0.05) is 5.92 Å². The molecule has 4 heteroatoms. The third-order valence-electron chi connectivity index (χ3n) is 3.11. The van der Waals surface area contributed by atoms with Gasteiger partial charge in [-0.2, -0.15) is 10.2 Å². The zero-order valence-electron chi connectivity index (χ0n) is 10.1. The van der Waals surface area contributed by atoms with Crippen molar-refractivity contribution in [3.8, 4) is 0 Å².